The monoisotopic (exact) mass is 824 g/mol. The van der Waals surface area contributed by atoms with Crippen molar-refractivity contribution in [1.82, 2.24) is 39.4 Å². The molecule has 0 aliphatic carbocycles. The fourth-order valence-electron chi connectivity index (χ4n) is 9.20. The summed E-state index contributed by atoms with van der Waals surface area (Å²) in [6.45, 7) is 11.1. The Labute approximate surface area is 351 Å². The van der Waals surface area contributed by atoms with Gasteiger partial charge in [-0.1, -0.05) is 18.2 Å². The van der Waals surface area contributed by atoms with Crippen LogP contribution in [0.2, 0.25) is 0 Å². The number of rotatable bonds is 10. The predicted molar refractivity (Wildman–Crippen MR) is 228 cm³/mol. The number of allylic oxidation sites excluding steroid dienone is 1. The molecule has 16 nitrogen and oxygen atoms in total. The summed E-state index contributed by atoms with van der Waals surface area (Å²) >= 11 is 0. The zero-order chi connectivity index (χ0) is 42.6. The van der Waals surface area contributed by atoms with Gasteiger partial charge in [-0.3, -0.25) is 34.2 Å². The van der Waals surface area contributed by atoms with Crippen LogP contribution in [-0.4, -0.2) is 101 Å². The first-order chi connectivity index (χ1) is 29.4. The summed E-state index contributed by atoms with van der Waals surface area (Å²) in [5.74, 6) is -0.909. The van der Waals surface area contributed by atoms with Gasteiger partial charge in [0.2, 0.25) is 17.8 Å². The quantitative estimate of drug-likeness (QED) is 0.133. The Hall–Kier alpha value is -6.52. The number of pyridine rings is 1. The molecule has 2 aromatic carbocycles. The van der Waals surface area contributed by atoms with Crippen molar-refractivity contribution >= 4 is 52.0 Å². The lowest BCUT2D eigenvalue weighted by Gasteiger charge is -2.42. The van der Waals surface area contributed by atoms with Crippen LogP contribution in [-0.2, 0) is 21.7 Å². The second kappa shape index (κ2) is 15.8. The third-order valence-electron chi connectivity index (χ3n) is 12.5. The number of amides is 4. The number of fused-ring (bicyclic) bond motifs is 2. The highest BCUT2D eigenvalue weighted by atomic mass is 16.3. The van der Waals surface area contributed by atoms with Crippen molar-refractivity contribution in [3.63, 3.8) is 0 Å². The van der Waals surface area contributed by atoms with Gasteiger partial charge in [-0.25, -0.2) is 19.3 Å². The Morgan fingerprint density at radius 1 is 0.885 bits per heavy atom. The average molecular weight is 825 g/mol. The van der Waals surface area contributed by atoms with E-state index < -0.39 is 35.3 Å². The van der Waals surface area contributed by atoms with Crippen LogP contribution in [0.1, 0.15) is 90.3 Å². The van der Waals surface area contributed by atoms with Gasteiger partial charge in [-0.05, 0) is 119 Å². The number of imide groups is 2. The van der Waals surface area contributed by atoms with E-state index in [1.165, 1.54) is 10.9 Å². The fourth-order valence-corrected chi connectivity index (χ4v) is 9.20. The average Bonchev–Trinajstić information content (AvgIpc) is 3.68. The molecule has 5 aromatic rings. The van der Waals surface area contributed by atoms with Crippen LogP contribution < -0.4 is 21.1 Å². The summed E-state index contributed by atoms with van der Waals surface area (Å²) in [4.78, 5) is 84.0. The lowest BCUT2D eigenvalue weighted by atomic mass is 9.86. The van der Waals surface area contributed by atoms with E-state index >= 15 is 0 Å². The van der Waals surface area contributed by atoms with Crippen LogP contribution in [0.3, 0.4) is 0 Å². The summed E-state index contributed by atoms with van der Waals surface area (Å²) in [7, 11) is 0. The number of hydrogen-bond acceptors (Lipinski definition) is 12. The predicted octanol–water partition coefficient (Wildman–Crippen LogP) is 4.38. The molecule has 0 spiro atoms. The minimum atomic E-state index is -1.18. The van der Waals surface area contributed by atoms with Gasteiger partial charge in [0.25, 0.3) is 17.4 Å². The van der Waals surface area contributed by atoms with E-state index in [2.05, 4.69) is 49.1 Å². The Balaban J connectivity index is 0.806. The van der Waals surface area contributed by atoms with Crippen molar-refractivity contribution in [3.8, 4) is 5.82 Å². The van der Waals surface area contributed by atoms with Crippen molar-refractivity contribution in [2.75, 3.05) is 36.4 Å². The summed E-state index contributed by atoms with van der Waals surface area (Å²) in [6.07, 6.45) is 7.38. The number of aliphatic hydroxyl groups is 1. The smallest absolute Gasteiger partial charge is 0.278 e. The zero-order valence-corrected chi connectivity index (χ0v) is 34.2. The Morgan fingerprint density at radius 2 is 1.62 bits per heavy atom. The normalized spacial score (nSPS) is 19.4. The van der Waals surface area contributed by atoms with E-state index in [9.17, 15) is 29.1 Å². The van der Waals surface area contributed by atoms with Crippen molar-refractivity contribution in [2.45, 2.75) is 82.5 Å². The molecule has 4 amide bonds. The molecule has 7 heterocycles. The molecule has 3 fully saturated rings. The second-order valence-electron chi connectivity index (χ2n) is 16.8. The molecule has 3 saturated heterocycles. The molecule has 1 unspecified atom stereocenters. The lowest BCUT2D eigenvalue weighted by Crippen LogP contribution is -2.54. The maximum Gasteiger partial charge on any atom is 0.278 e. The van der Waals surface area contributed by atoms with Crippen molar-refractivity contribution in [3.05, 3.63) is 112 Å². The van der Waals surface area contributed by atoms with E-state index in [0.717, 1.165) is 73.7 Å². The Bertz CT molecular complexity index is 2630. The molecule has 16 heteroatoms. The SMILES string of the molecule is C=CCn1c(=O)c2cnc(Nc3ccc(N4CCC(N5CCC(c6ccc7c(c6)C(=O)N(C6CCC(=O)NC6=O)C7=O)CC5)CC4)cc3)nc2n1-c1cccc(C(C)(C)O)n1. The topological polar surface area (TPSA) is 188 Å². The molecule has 0 bridgehead atoms. The highest BCUT2D eigenvalue weighted by Crippen LogP contribution is 2.35. The number of nitrogens with one attached hydrogen (secondary N) is 2. The number of aromatic nitrogens is 5. The molecule has 61 heavy (non-hydrogen) atoms. The zero-order valence-electron chi connectivity index (χ0n) is 34.2. The largest absolute Gasteiger partial charge is 0.384 e. The minimum Gasteiger partial charge on any atom is -0.384 e. The Kier molecular flexibility index (Phi) is 10.4. The first kappa shape index (κ1) is 39.9. The molecule has 0 radical (unpaired) electrons. The molecule has 3 N–H and O–H groups in total. The van der Waals surface area contributed by atoms with Crippen molar-refractivity contribution in [2.24, 2.45) is 0 Å². The molecule has 3 aromatic heterocycles. The van der Waals surface area contributed by atoms with Crippen LogP contribution in [0.5, 0.6) is 0 Å². The summed E-state index contributed by atoms with van der Waals surface area (Å²) < 4.78 is 3.14. The van der Waals surface area contributed by atoms with Crippen molar-refractivity contribution < 1.29 is 24.3 Å². The molecule has 1 atom stereocenters. The maximum atomic E-state index is 13.4. The van der Waals surface area contributed by atoms with Crippen LogP contribution in [0.4, 0.5) is 17.3 Å². The van der Waals surface area contributed by atoms with Gasteiger partial charge >= 0.3 is 0 Å². The molecular weight excluding hydrogens is 777 g/mol. The third-order valence-corrected chi connectivity index (χ3v) is 12.5. The van der Waals surface area contributed by atoms with Gasteiger partial charge in [0.05, 0.1) is 23.4 Å². The van der Waals surface area contributed by atoms with E-state index in [1.807, 2.05) is 24.3 Å². The number of nitrogens with zero attached hydrogens (tertiary/aromatic N) is 8. The van der Waals surface area contributed by atoms with E-state index in [0.29, 0.717) is 45.7 Å². The standard InChI is InChI=1S/C45H48N10O6/c1-4-20-53-41(58)34-26-46-44(50-39(34)55(53)37-7-5-6-36(48-37)45(2,3)61)47-29-9-11-30(12-10-29)52-23-18-31(19-24-52)51-21-16-27(17-22-51)28-8-13-32-33(25-28)43(60)54(42(32)59)35-14-15-38(56)49-40(35)57/h4-13,25-27,31,35,61H,1,14-24H2,2-3H3,(H,46,47,50)(H,49,56,57). The van der Waals surface area contributed by atoms with Crippen LogP contribution in [0.25, 0.3) is 16.9 Å². The Morgan fingerprint density at radius 3 is 2.33 bits per heavy atom. The van der Waals surface area contributed by atoms with Gasteiger partial charge < -0.3 is 20.2 Å². The second-order valence-corrected chi connectivity index (χ2v) is 16.8. The summed E-state index contributed by atoms with van der Waals surface area (Å²) in [5.41, 5.74) is 3.01. The summed E-state index contributed by atoms with van der Waals surface area (Å²) in [5, 5.41) is 16.5. The first-order valence-corrected chi connectivity index (χ1v) is 20.9. The number of piperidine rings is 3. The molecule has 4 aliphatic rings. The van der Waals surface area contributed by atoms with E-state index in [4.69, 9.17) is 4.98 Å². The number of hydrogen-bond donors (Lipinski definition) is 3. The van der Waals surface area contributed by atoms with E-state index in [-0.39, 0.29) is 30.9 Å². The van der Waals surface area contributed by atoms with Gasteiger partial charge in [-0.15, -0.1) is 6.58 Å². The third kappa shape index (κ3) is 7.50. The number of carbonyl (C=O) groups is 4. The van der Waals surface area contributed by atoms with Gasteiger partial charge in [0.1, 0.15) is 17.0 Å². The highest BCUT2D eigenvalue weighted by Gasteiger charge is 2.45. The van der Waals surface area contributed by atoms with Gasteiger partial charge in [0, 0.05) is 43.1 Å². The molecule has 9 rings (SSSR count). The fraction of sp³-hybridized carbons (Fsp3) is 0.378. The van der Waals surface area contributed by atoms with Crippen LogP contribution in [0.15, 0.2) is 84.3 Å². The highest BCUT2D eigenvalue weighted by molar-refractivity contribution is 6.23. The molecule has 0 saturated carbocycles. The van der Waals surface area contributed by atoms with Crippen molar-refractivity contribution in [1.29, 1.82) is 0 Å². The van der Waals surface area contributed by atoms with Crippen LogP contribution in [0, 0.1) is 0 Å². The number of carbonyl (C=O) groups excluding carboxylic acids is 4. The maximum absolute atomic E-state index is 13.4. The number of likely N-dealkylation sites (tertiary alicyclic amines) is 1. The molecule has 314 valence electrons. The van der Waals surface area contributed by atoms with Crippen LogP contribution >= 0.6 is 0 Å². The number of anilines is 3. The number of benzene rings is 2. The van der Waals surface area contributed by atoms with Gasteiger partial charge in [-0.2, -0.15) is 4.98 Å². The van der Waals surface area contributed by atoms with E-state index in [1.54, 1.807) is 48.9 Å². The molecular formula is C45H48N10O6. The lowest BCUT2D eigenvalue weighted by molar-refractivity contribution is -0.136. The van der Waals surface area contributed by atoms with Gasteiger partial charge in [0.15, 0.2) is 11.5 Å². The first-order valence-electron chi connectivity index (χ1n) is 20.9. The summed E-state index contributed by atoms with van der Waals surface area (Å²) in [6, 6.07) is 18.5. The minimum absolute atomic E-state index is 0.0931. The molecule has 4 aliphatic heterocycles.